The van der Waals surface area contributed by atoms with Crippen molar-refractivity contribution in [2.45, 2.75) is 25.0 Å². The molecule has 2 aromatic heterocycles. The van der Waals surface area contributed by atoms with Gasteiger partial charge in [0.05, 0.1) is 25.6 Å². The average molecular weight is 547 g/mol. The Morgan fingerprint density at radius 1 is 1.00 bits per heavy atom. The van der Waals surface area contributed by atoms with Crippen LogP contribution in [0.15, 0.2) is 95.6 Å². The zero-order chi connectivity index (χ0) is 28.1. The number of amides is 4. The molecule has 41 heavy (non-hydrogen) atoms. The molecule has 0 saturated carbocycles. The summed E-state index contributed by atoms with van der Waals surface area (Å²) in [5.41, 5.74) is 4.60. The molecule has 7 rings (SSSR count). The van der Waals surface area contributed by atoms with Crippen LogP contribution in [0.5, 0.6) is 5.75 Å². The SMILES string of the molecule is COc1ccc(C2c3[nH]c4ccccc4c3C[C@H]3C(=O)N(c4ccc(C(=O)NCc5ccco5)cc4)C(=O)N23)cc1. The van der Waals surface area contributed by atoms with Gasteiger partial charge in [0.15, 0.2) is 0 Å². The normalized spacial score (nSPS) is 18.0. The highest BCUT2D eigenvalue weighted by molar-refractivity contribution is 6.22. The molecule has 1 saturated heterocycles. The van der Waals surface area contributed by atoms with Gasteiger partial charge in [0.25, 0.3) is 11.8 Å². The summed E-state index contributed by atoms with van der Waals surface area (Å²) in [4.78, 5) is 47.0. The highest BCUT2D eigenvalue weighted by atomic mass is 16.5. The van der Waals surface area contributed by atoms with Crippen LogP contribution in [0.1, 0.15) is 39.0 Å². The van der Waals surface area contributed by atoms with Gasteiger partial charge in [-0.2, -0.15) is 0 Å². The molecule has 2 aliphatic heterocycles. The smallest absolute Gasteiger partial charge is 0.332 e. The molecule has 0 bridgehead atoms. The monoisotopic (exact) mass is 546 g/mol. The minimum absolute atomic E-state index is 0.259. The molecule has 2 aliphatic rings. The van der Waals surface area contributed by atoms with E-state index in [1.165, 1.54) is 4.90 Å². The van der Waals surface area contributed by atoms with Crippen LogP contribution in [-0.4, -0.2) is 40.9 Å². The van der Waals surface area contributed by atoms with Crippen LogP contribution in [0.3, 0.4) is 0 Å². The fraction of sp³-hybridized carbons (Fsp3) is 0.156. The third-order valence-electron chi connectivity index (χ3n) is 7.87. The summed E-state index contributed by atoms with van der Waals surface area (Å²) in [5.74, 6) is 0.773. The highest BCUT2D eigenvalue weighted by Gasteiger charge is 2.53. The average Bonchev–Trinajstić information content (AvgIpc) is 3.72. The molecule has 0 spiro atoms. The molecular formula is C32H26N4O5. The van der Waals surface area contributed by atoms with Gasteiger partial charge in [0.1, 0.15) is 23.6 Å². The third kappa shape index (κ3) is 4.05. The van der Waals surface area contributed by atoms with Crippen molar-refractivity contribution in [1.29, 1.82) is 0 Å². The zero-order valence-corrected chi connectivity index (χ0v) is 22.2. The second kappa shape index (κ2) is 9.71. The van der Waals surface area contributed by atoms with Crippen LogP contribution in [-0.2, 0) is 17.8 Å². The number of benzene rings is 3. The Morgan fingerprint density at radius 2 is 1.78 bits per heavy atom. The van der Waals surface area contributed by atoms with Crippen molar-refractivity contribution in [3.05, 3.63) is 119 Å². The molecule has 3 aromatic carbocycles. The van der Waals surface area contributed by atoms with Crippen molar-refractivity contribution in [1.82, 2.24) is 15.2 Å². The zero-order valence-electron chi connectivity index (χ0n) is 22.2. The quantitative estimate of drug-likeness (QED) is 0.285. The Balaban J connectivity index is 1.22. The number of rotatable bonds is 6. The number of imide groups is 1. The fourth-order valence-corrected chi connectivity index (χ4v) is 5.89. The number of nitrogens with one attached hydrogen (secondary N) is 2. The van der Waals surface area contributed by atoms with Gasteiger partial charge in [0.2, 0.25) is 0 Å². The molecule has 1 unspecified atom stereocenters. The van der Waals surface area contributed by atoms with Gasteiger partial charge in [-0.25, -0.2) is 9.69 Å². The lowest BCUT2D eigenvalue weighted by molar-refractivity contribution is -0.120. The molecule has 0 aliphatic carbocycles. The van der Waals surface area contributed by atoms with Crippen molar-refractivity contribution in [2.24, 2.45) is 0 Å². The number of hydrogen-bond acceptors (Lipinski definition) is 5. The number of carbonyl (C=O) groups excluding carboxylic acids is 3. The number of nitrogens with zero attached hydrogens (tertiary/aromatic N) is 2. The maximum Gasteiger partial charge on any atom is 0.332 e. The minimum atomic E-state index is -0.669. The van der Waals surface area contributed by atoms with E-state index in [1.807, 2.05) is 48.5 Å². The van der Waals surface area contributed by atoms with E-state index in [0.29, 0.717) is 29.2 Å². The first kappa shape index (κ1) is 24.7. The van der Waals surface area contributed by atoms with Crippen molar-refractivity contribution >= 4 is 34.4 Å². The van der Waals surface area contributed by atoms with Gasteiger partial charge >= 0.3 is 6.03 Å². The molecule has 204 valence electrons. The molecule has 0 radical (unpaired) electrons. The van der Waals surface area contributed by atoms with Gasteiger partial charge < -0.3 is 19.5 Å². The number of hydrogen-bond donors (Lipinski definition) is 2. The number of aromatic amines is 1. The number of methoxy groups -OCH3 is 1. The first-order valence-corrected chi connectivity index (χ1v) is 13.3. The van der Waals surface area contributed by atoms with Crippen molar-refractivity contribution in [3.8, 4) is 5.75 Å². The standard InChI is InChI=1S/C32H26N4O5/c1-40-22-14-10-19(11-15-22)29-28-25(24-6-2-3-7-26(24)34-28)17-27-31(38)35(32(39)36(27)29)21-12-8-20(9-13-21)30(37)33-18-23-5-4-16-41-23/h2-16,27,29,34H,17-18H2,1H3,(H,33,37)/t27-,29?/m0/s1. The number of fused-ring (bicyclic) bond motifs is 4. The predicted molar refractivity (Wildman–Crippen MR) is 152 cm³/mol. The maximum atomic E-state index is 14.0. The van der Waals surface area contributed by atoms with Crippen molar-refractivity contribution in [3.63, 3.8) is 0 Å². The van der Waals surface area contributed by atoms with Gasteiger partial charge in [-0.1, -0.05) is 30.3 Å². The molecule has 1 fully saturated rings. The predicted octanol–water partition coefficient (Wildman–Crippen LogP) is 5.18. The minimum Gasteiger partial charge on any atom is -0.497 e. The summed E-state index contributed by atoms with van der Waals surface area (Å²) >= 11 is 0. The van der Waals surface area contributed by atoms with E-state index < -0.39 is 18.1 Å². The summed E-state index contributed by atoms with van der Waals surface area (Å²) in [6, 6.07) is 24.0. The second-order valence-electron chi connectivity index (χ2n) is 10.1. The summed E-state index contributed by atoms with van der Waals surface area (Å²) < 4.78 is 10.6. The molecule has 5 aromatic rings. The summed E-state index contributed by atoms with van der Waals surface area (Å²) in [6.45, 7) is 0.259. The van der Waals surface area contributed by atoms with Gasteiger partial charge in [-0.05, 0) is 65.7 Å². The summed E-state index contributed by atoms with van der Waals surface area (Å²) in [6.07, 6.45) is 1.95. The van der Waals surface area contributed by atoms with E-state index in [-0.39, 0.29) is 18.4 Å². The number of ether oxygens (including phenoxy) is 1. The number of anilines is 1. The fourth-order valence-electron chi connectivity index (χ4n) is 5.89. The molecule has 4 heterocycles. The lowest BCUT2D eigenvalue weighted by Gasteiger charge is -2.36. The molecule has 9 heteroatoms. The number of urea groups is 1. The van der Waals surface area contributed by atoms with E-state index in [2.05, 4.69) is 10.3 Å². The number of carbonyl (C=O) groups is 3. The van der Waals surface area contributed by atoms with E-state index in [0.717, 1.165) is 27.7 Å². The molecular weight excluding hydrogens is 520 g/mol. The summed E-state index contributed by atoms with van der Waals surface area (Å²) in [5, 5.41) is 3.85. The lowest BCUT2D eigenvalue weighted by Crippen LogP contribution is -2.44. The van der Waals surface area contributed by atoms with Crippen LogP contribution >= 0.6 is 0 Å². The summed E-state index contributed by atoms with van der Waals surface area (Å²) in [7, 11) is 1.61. The van der Waals surface area contributed by atoms with Gasteiger partial charge in [0, 0.05) is 28.6 Å². The number of furan rings is 1. The van der Waals surface area contributed by atoms with Crippen LogP contribution < -0.4 is 15.0 Å². The Kier molecular flexibility index (Phi) is 5.85. The first-order chi connectivity index (χ1) is 20.0. The Labute approximate surface area is 235 Å². The molecule has 2 atom stereocenters. The first-order valence-electron chi connectivity index (χ1n) is 13.3. The molecule has 9 nitrogen and oxygen atoms in total. The van der Waals surface area contributed by atoms with Gasteiger partial charge in [-0.3, -0.25) is 14.5 Å². The second-order valence-corrected chi connectivity index (χ2v) is 10.1. The van der Waals surface area contributed by atoms with E-state index in [9.17, 15) is 14.4 Å². The third-order valence-corrected chi connectivity index (χ3v) is 7.87. The largest absolute Gasteiger partial charge is 0.497 e. The molecule has 2 N–H and O–H groups in total. The van der Waals surface area contributed by atoms with Crippen LogP contribution in [0.2, 0.25) is 0 Å². The highest BCUT2D eigenvalue weighted by Crippen LogP contribution is 2.45. The number of para-hydroxylation sites is 1. The molecule has 4 amide bonds. The Bertz CT molecular complexity index is 1770. The lowest BCUT2D eigenvalue weighted by atomic mass is 9.89. The maximum absolute atomic E-state index is 14.0. The Morgan fingerprint density at radius 3 is 2.51 bits per heavy atom. The van der Waals surface area contributed by atoms with E-state index in [1.54, 1.807) is 54.7 Å². The van der Waals surface area contributed by atoms with Crippen molar-refractivity contribution < 1.29 is 23.5 Å². The van der Waals surface area contributed by atoms with Crippen LogP contribution in [0.4, 0.5) is 10.5 Å². The van der Waals surface area contributed by atoms with Gasteiger partial charge in [-0.15, -0.1) is 0 Å². The van der Waals surface area contributed by atoms with E-state index >= 15 is 0 Å². The Hall–Kier alpha value is -5.31. The van der Waals surface area contributed by atoms with E-state index in [4.69, 9.17) is 9.15 Å². The van der Waals surface area contributed by atoms with Crippen LogP contribution in [0.25, 0.3) is 10.9 Å². The van der Waals surface area contributed by atoms with Crippen molar-refractivity contribution in [2.75, 3.05) is 12.0 Å². The number of H-pyrrole nitrogens is 1. The number of aromatic nitrogens is 1. The van der Waals surface area contributed by atoms with Crippen LogP contribution in [0, 0.1) is 0 Å². The topological polar surface area (TPSA) is 108 Å².